The molecule has 14 heteroatoms. The van der Waals surface area contributed by atoms with Crippen molar-refractivity contribution in [1.29, 1.82) is 0 Å². The van der Waals surface area contributed by atoms with Crippen LogP contribution in [-0.4, -0.2) is 27.9 Å². The SMILES string of the molecule is C=CCC1(c2ccccc2)C(OS(=O)(=O)C(F)(F)F)=CCC=C1OS(=O)(=O)C(F)(F)F. The van der Waals surface area contributed by atoms with Crippen LogP contribution in [0.25, 0.3) is 0 Å². The lowest BCUT2D eigenvalue weighted by Gasteiger charge is -2.38. The molecule has 0 heterocycles. The van der Waals surface area contributed by atoms with Crippen LogP contribution in [0.4, 0.5) is 26.3 Å². The molecule has 1 aliphatic rings. The van der Waals surface area contributed by atoms with Gasteiger partial charge >= 0.3 is 31.3 Å². The van der Waals surface area contributed by atoms with E-state index in [0.29, 0.717) is 0 Å². The van der Waals surface area contributed by atoms with E-state index in [0.717, 1.165) is 18.2 Å². The van der Waals surface area contributed by atoms with Crippen molar-refractivity contribution in [2.45, 2.75) is 29.3 Å². The summed E-state index contributed by atoms with van der Waals surface area (Å²) in [5.41, 5.74) is -14.1. The van der Waals surface area contributed by atoms with E-state index >= 15 is 0 Å². The number of alkyl halides is 6. The van der Waals surface area contributed by atoms with Crippen LogP contribution in [-0.2, 0) is 34.0 Å². The molecular weight excluding hydrogens is 478 g/mol. The second kappa shape index (κ2) is 8.22. The summed E-state index contributed by atoms with van der Waals surface area (Å²) >= 11 is 0. The van der Waals surface area contributed by atoms with E-state index in [1.165, 1.54) is 30.3 Å². The zero-order valence-corrected chi connectivity index (χ0v) is 16.9. The van der Waals surface area contributed by atoms with Gasteiger partial charge in [0.05, 0.1) is 0 Å². The first-order chi connectivity index (χ1) is 14.1. The molecule has 0 unspecified atom stereocenters. The van der Waals surface area contributed by atoms with E-state index in [9.17, 15) is 43.2 Å². The zero-order valence-electron chi connectivity index (χ0n) is 15.3. The third-order valence-corrected chi connectivity index (χ3v) is 6.06. The third kappa shape index (κ3) is 4.74. The maximum absolute atomic E-state index is 12.9. The molecule has 0 spiro atoms. The maximum Gasteiger partial charge on any atom is 0.534 e. The zero-order chi connectivity index (χ0) is 23.7. The molecule has 0 aromatic heterocycles. The van der Waals surface area contributed by atoms with Gasteiger partial charge in [-0.05, 0) is 30.6 Å². The Bertz CT molecular complexity index is 1040. The van der Waals surface area contributed by atoms with Gasteiger partial charge in [-0.3, -0.25) is 0 Å². The van der Waals surface area contributed by atoms with E-state index in [4.69, 9.17) is 0 Å². The van der Waals surface area contributed by atoms with Crippen LogP contribution < -0.4 is 0 Å². The normalized spacial score (nSPS) is 17.4. The standard InChI is InChI=1S/C17H14F6O6S2/c1-2-11-15(12-7-4-3-5-8-12)13(28-30(24,25)16(18,19)20)9-6-10-14(15)29-31(26,27)17(21,22)23/h2-5,7-10H,1,6,11H2. The topological polar surface area (TPSA) is 86.7 Å². The highest BCUT2D eigenvalue weighted by molar-refractivity contribution is 7.88. The molecule has 0 aliphatic heterocycles. The van der Waals surface area contributed by atoms with Gasteiger partial charge < -0.3 is 8.37 Å². The molecule has 1 aliphatic carbocycles. The van der Waals surface area contributed by atoms with E-state index in [1.807, 2.05) is 0 Å². The first-order valence-electron chi connectivity index (χ1n) is 8.17. The first kappa shape index (κ1) is 24.8. The Balaban J connectivity index is 2.75. The molecule has 0 radical (unpaired) electrons. The Hall–Kier alpha value is -2.48. The summed E-state index contributed by atoms with van der Waals surface area (Å²) in [6.07, 6.45) is 1.74. The van der Waals surface area contributed by atoms with Crippen LogP contribution in [0.3, 0.4) is 0 Å². The quantitative estimate of drug-likeness (QED) is 0.243. The van der Waals surface area contributed by atoms with Crippen molar-refractivity contribution in [1.82, 2.24) is 0 Å². The number of hydrogen-bond acceptors (Lipinski definition) is 6. The highest BCUT2D eigenvalue weighted by Crippen LogP contribution is 2.49. The molecule has 0 amide bonds. The van der Waals surface area contributed by atoms with Crippen molar-refractivity contribution in [2.24, 2.45) is 0 Å². The molecule has 6 nitrogen and oxygen atoms in total. The maximum atomic E-state index is 12.9. The lowest BCUT2D eigenvalue weighted by atomic mass is 9.72. The van der Waals surface area contributed by atoms with Gasteiger partial charge in [-0.15, -0.1) is 6.58 Å². The van der Waals surface area contributed by atoms with Gasteiger partial charge in [0, 0.05) is 0 Å². The summed E-state index contributed by atoms with van der Waals surface area (Å²) in [6.45, 7) is 3.38. The van der Waals surface area contributed by atoms with Crippen molar-refractivity contribution in [2.75, 3.05) is 0 Å². The fourth-order valence-corrected chi connectivity index (χ4v) is 3.91. The van der Waals surface area contributed by atoms with Crippen molar-refractivity contribution in [3.63, 3.8) is 0 Å². The largest absolute Gasteiger partial charge is 0.534 e. The van der Waals surface area contributed by atoms with Crippen LogP contribution in [0.5, 0.6) is 0 Å². The van der Waals surface area contributed by atoms with Crippen LogP contribution in [0, 0.1) is 0 Å². The fraction of sp³-hybridized carbons (Fsp3) is 0.294. The molecule has 0 N–H and O–H groups in total. The molecule has 1 aromatic rings. The monoisotopic (exact) mass is 492 g/mol. The summed E-state index contributed by atoms with van der Waals surface area (Å²) < 4.78 is 132. The van der Waals surface area contributed by atoms with Gasteiger partial charge in [0.2, 0.25) is 0 Å². The molecule has 0 atom stereocenters. The van der Waals surface area contributed by atoms with Gasteiger partial charge in [-0.1, -0.05) is 36.4 Å². The Kier molecular flexibility index (Phi) is 6.57. The molecule has 1 aromatic carbocycles. The van der Waals surface area contributed by atoms with Crippen molar-refractivity contribution in [3.8, 4) is 0 Å². The summed E-state index contributed by atoms with van der Waals surface area (Å²) in [5, 5.41) is 0. The molecule has 0 fully saturated rings. The van der Waals surface area contributed by atoms with Crippen LogP contribution in [0.2, 0.25) is 0 Å². The van der Waals surface area contributed by atoms with E-state index in [1.54, 1.807) is 0 Å². The Morgan fingerprint density at radius 3 is 1.65 bits per heavy atom. The summed E-state index contributed by atoms with van der Waals surface area (Å²) in [5.74, 6) is -1.96. The molecule has 0 saturated carbocycles. The van der Waals surface area contributed by atoms with E-state index in [-0.39, 0.29) is 5.56 Å². The summed E-state index contributed by atoms with van der Waals surface area (Å²) in [4.78, 5) is 0. The minimum atomic E-state index is -6.25. The lowest BCUT2D eigenvalue weighted by Crippen LogP contribution is -2.39. The van der Waals surface area contributed by atoms with Gasteiger partial charge in [0.1, 0.15) is 16.9 Å². The van der Waals surface area contributed by atoms with E-state index < -0.39 is 61.0 Å². The molecule has 2 rings (SSSR count). The van der Waals surface area contributed by atoms with Crippen LogP contribution in [0.15, 0.2) is 66.7 Å². The second-order valence-electron chi connectivity index (χ2n) is 6.10. The van der Waals surface area contributed by atoms with Crippen molar-refractivity contribution >= 4 is 20.2 Å². The smallest absolute Gasteiger partial charge is 0.379 e. The molecule has 172 valence electrons. The molecule has 31 heavy (non-hydrogen) atoms. The fourth-order valence-electron chi connectivity index (χ4n) is 2.83. The number of halogens is 6. The predicted molar refractivity (Wildman–Crippen MR) is 95.8 cm³/mol. The van der Waals surface area contributed by atoms with Gasteiger partial charge in [-0.25, -0.2) is 0 Å². The average molecular weight is 492 g/mol. The first-order valence-corrected chi connectivity index (χ1v) is 11.0. The highest BCUT2D eigenvalue weighted by Gasteiger charge is 2.56. The van der Waals surface area contributed by atoms with Crippen LogP contribution in [0.1, 0.15) is 18.4 Å². The highest BCUT2D eigenvalue weighted by atomic mass is 32.2. The van der Waals surface area contributed by atoms with Crippen LogP contribution >= 0.6 is 0 Å². The van der Waals surface area contributed by atoms with Gasteiger partial charge in [0.25, 0.3) is 0 Å². The molecule has 0 saturated heterocycles. The summed E-state index contributed by atoms with van der Waals surface area (Å²) in [7, 11) is -12.5. The minimum Gasteiger partial charge on any atom is -0.379 e. The van der Waals surface area contributed by atoms with Gasteiger partial charge in [-0.2, -0.15) is 43.2 Å². The lowest BCUT2D eigenvalue weighted by molar-refractivity contribution is -0.0539. The predicted octanol–water partition coefficient (Wildman–Crippen LogP) is 4.40. The van der Waals surface area contributed by atoms with Gasteiger partial charge in [0.15, 0.2) is 0 Å². The average Bonchev–Trinajstić information content (AvgIpc) is 2.63. The molecular formula is C17H14F6O6S2. The number of allylic oxidation sites excluding steroid dienone is 3. The Morgan fingerprint density at radius 2 is 1.29 bits per heavy atom. The Morgan fingerprint density at radius 1 is 0.871 bits per heavy atom. The second-order valence-corrected chi connectivity index (χ2v) is 9.18. The Labute approximate surface area is 173 Å². The molecule has 0 bridgehead atoms. The van der Waals surface area contributed by atoms with E-state index in [2.05, 4.69) is 14.9 Å². The number of benzene rings is 1. The third-order valence-electron chi connectivity index (χ3n) is 4.13. The number of rotatable bonds is 7. The summed E-state index contributed by atoms with van der Waals surface area (Å²) in [6, 6.07) is 6.61. The van der Waals surface area contributed by atoms with Crippen molar-refractivity contribution in [3.05, 3.63) is 72.2 Å². The van der Waals surface area contributed by atoms with Crippen molar-refractivity contribution < 1.29 is 51.5 Å². The minimum absolute atomic E-state index is 0.0955. The number of hydrogen-bond donors (Lipinski definition) is 0.